The van der Waals surface area contributed by atoms with Gasteiger partial charge in [-0.3, -0.25) is 18.9 Å². The normalized spacial score (nSPS) is 15.8. The largest absolute Gasteiger partial charge is 0.355 e. The first-order valence-electron chi connectivity index (χ1n) is 8.65. The van der Waals surface area contributed by atoms with E-state index in [9.17, 15) is 9.59 Å². The zero-order valence-electron chi connectivity index (χ0n) is 14.7. The average molecular weight is 396 g/mol. The molecule has 0 atom stereocenters. The number of nitrogens with one attached hydrogen (secondary N) is 1. The molecular formula is C17H22ClN5O2S. The lowest BCUT2D eigenvalue weighted by Crippen LogP contribution is -2.50. The molecule has 0 aromatic carbocycles. The van der Waals surface area contributed by atoms with E-state index in [1.807, 2.05) is 22.9 Å². The van der Waals surface area contributed by atoms with Gasteiger partial charge in [0.05, 0.1) is 12.2 Å². The SMILES string of the molecule is CCCNC(=O)CN1CCN(C(=O)/C=C/c2c(Cl)nc3sccn23)CC1. The van der Waals surface area contributed by atoms with Crippen LogP contribution in [-0.4, -0.2) is 70.3 Å². The summed E-state index contributed by atoms with van der Waals surface area (Å²) in [5.74, 6) is -0.0111. The lowest BCUT2D eigenvalue weighted by molar-refractivity contribution is -0.128. The van der Waals surface area contributed by atoms with Crippen LogP contribution in [-0.2, 0) is 9.59 Å². The third-order valence-electron chi connectivity index (χ3n) is 4.26. The quantitative estimate of drug-likeness (QED) is 0.756. The van der Waals surface area contributed by atoms with Crippen molar-refractivity contribution in [2.45, 2.75) is 13.3 Å². The lowest BCUT2D eigenvalue weighted by Gasteiger charge is -2.33. The summed E-state index contributed by atoms with van der Waals surface area (Å²) in [5.41, 5.74) is 0.711. The van der Waals surface area contributed by atoms with Crippen LogP contribution in [0.5, 0.6) is 0 Å². The Morgan fingerprint density at radius 2 is 2.12 bits per heavy atom. The molecule has 26 heavy (non-hydrogen) atoms. The lowest BCUT2D eigenvalue weighted by atomic mass is 10.3. The number of imidazole rings is 1. The van der Waals surface area contributed by atoms with Crippen molar-refractivity contribution >= 4 is 45.8 Å². The zero-order chi connectivity index (χ0) is 18.5. The molecule has 1 saturated heterocycles. The minimum absolute atomic E-state index is 0.0432. The van der Waals surface area contributed by atoms with Gasteiger partial charge in [-0.15, -0.1) is 11.3 Å². The Labute approximate surface area is 161 Å². The van der Waals surface area contributed by atoms with Crippen LogP contribution < -0.4 is 5.32 Å². The van der Waals surface area contributed by atoms with E-state index >= 15 is 0 Å². The van der Waals surface area contributed by atoms with Gasteiger partial charge in [-0.25, -0.2) is 4.98 Å². The van der Waals surface area contributed by atoms with Crippen LogP contribution in [0.4, 0.5) is 0 Å². The van der Waals surface area contributed by atoms with Gasteiger partial charge < -0.3 is 10.2 Å². The summed E-state index contributed by atoms with van der Waals surface area (Å²) in [4.78, 5) is 33.1. The van der Waals surface area contributed by atoms with Gasteiger partial charge in [0.25, 0.3) is 0 Å². The van der Waals surface area contributed by atoms with Gasteiger partial charge in [-0.05, 0) is 12.5 Å². The van der Waals surface area contributed by atoms with Gasteiger partial charge in [-0.2, -0.15) is 0 Å². The van der Waals surface area contributed by atoms with Crippen molar-refractivity contribution in [2.24, 2.45) is 0 Å². The smallest absolute Gasteiger partial charge is 0.246 e. The summed E-state index contributed by atoms with van der Waals surface area (Å²) in [6.07, 6.45) is 6.06. The Morgan fingerprint density at radius 1 is 1.35 bits per heavy atom. The molecule has 140 valence electrons. The summed E-state index contributed by atoms with van der Waals surface area (Å²) >= 11 is 7.63. The maximum absolute atomic E-state index is 12.4. The van der Waals surface area contributed by atoms with Crippen LogP contribution in [0.15, 0.2) is 17.7 Å². The highest BCUT2D eigenvalue weighted by Crippen LogP contribution is 2.22. The molecular weight excluding hydrogens is 374 g/mol. The number of halogens is 1. The summed E-state index contributed by atoms with van der Waals surface area (Å²) in [6, 6.07) is 0. The van der Waals surface area contributed by atoms with Crippen molar-refractivity contribution < 1.29 is 9.59 Å². The Kier molecular flexibility index (Phi) is 6.29. The highest BCUT2D eigenvalue weighted by Gasteiger charge is 2.21. The first-order valence-corrected chi connectivity index (χ1v) is 9.91. The van der Waals surface area contributed by atoms with Crippen molar-refractivity contribution in [3.63, 3.8) is 0 Å². The molecule has 1 aliphatic rings. The highest BCUT2D eigenvalue weighted by atomic mass is 35.5. The van der Waals surface area contributed by atoms with E-state index < -0.39 is 0 Å². The first kappa shape index (κ1) is 18.9. The molecule has 0 saturated carbocycles. The molecule has 3 heterocycles. The van der Waals surface area contributed by atoms with E-state index in [2.05, 4.69) is 15.2 Å². The number of carbonyl (C=O) groups is 2. The van der Waals surface area contributed by atoms with E-state index in [0.29, 0.717) is 50.1 Å². The number of rotatable bonds is 6. The Balaban J connectivity index is 1.51. The first-order chi connectivity index (χ1) is 12.6. The van der Waals surface area contributed by atoms with Crippen molar-refractivity contribution in [1.29, 1.82) is 0 Å². The Hall–Kier alpha value is -1.90. The van der Waals surface area contributed by atoms with Gasteiger partial charge in [0.15, 0.2) is 10.1 Å². The predicted octanol–water partition coefficient (Wildman–Crippen LogP) is 1.73. The van der Waals surface area contributed by atoms with Crippen molar-refractivity contribution in [3.8, 4) is 0 Å². The molecule has 3 rings (SSSR count). The van der Waals surface area contributed by atoms with Gasteiger partial charge in [0.1, 0.15) is 0 Å². The fourth-order valence-corrected chi connectivity index (χ4v) is 3.84. The van der Waals surface area contributed by atoms with Crippen LogP contribution in [0, 0.1) is 0 Å². The fraction of sp³-hybridized carbons (Fsp3) is 0.471. The molecule has 2 aromatic heterocycles. The Morgan fingerprint density at radius 3 is 2.85 bits per heavy atom. The number of carbonyl (C=O) groups excluding carboxylic acids is 2. The van der Waals surface area contributed by atoms with Crippen LogP contribution in [0.1, 0.15) is 19.0 Å². The second-order valence-electron chi connectivity index (χ2n) is 6.13. The third-order valence-corrected chi connectivity index (χ3v) is 5.30. The van der Waals surface area contributed by atoms with Gasteiger partial charge in [0, 0.05) is 50.4 Å². The molecule has 2 aromatic rings. The maximum atomic E-state index is 12.4. The zero-order valence-corrected chi connectivity index (χ0v) is 16.2. The molecule has 0 spiro atoms. The van der Waals surface area contributed by atoms with Gasteiger partial charge in [-0.1, -0.05) is 18.5 Å². The van der Waals surface area contributed by atoms with Crippen molar-refractivity contribution in [2.75, 3.05) is 39.3 Å². The van der Waals surface area contributed by atoms with Gasteiger partial charge >= 0.3 is 0 Å². The number of hydrogen-bond acceptors (Lipinski definition) is 5. The highest BCUT2D eigenvalue weighted by molar-refractivity contribution is 7.15. The summed E-state index contributed by atoms with van der Waals surface area (Å²) in [7, 11) is 0. The molecule has 2 amide bonds. The number of fused-ring (bicyclic) bond motifs is 1. The molecule has 1 N–H and O–H groups in total. The van der Waals surface area contributed by atoms with Gasteiger partial charge in [0.2, 0.25) is 11.8 Å². The van der Waals surface area contributed by atoms with Crippen LogP contribution in [0.3, 0.4) is 0 Å². The minimum Gasteiger partial charge on any atom is -0.355 e. The summed E-state index contributed by atoms with van der Waals surface area (Å²) in [6.45, 7) is 5.73. The van der Waals surface area contributed by atoms with E-state index in [-0.39, 0.29) is 11.8 Å². The number of aromatic nitrogens is 2. The number of amides is 2. The standard InChI is InChI=1S/C17H22ClN5O2S/c1-2-5-19-14(24)12-21-6-8-22(9-7-21)15(25)4-3-13-16(18)20-17-23(13)10-11-26-17/h3-4,10-11H,2,5-9,12H2,1H3,(H,19,24)/b4-3+. The molecule has 1 fully saturated rings. The number of hydrogen-bond donors (Lipinski definition) is 1. The second kappa shape index (κ2) is 8.66. The molecule has 0 radical (unpaired) electrons. The van der Waals surface area contributed by atoms with E-state index in [0.717, 1.165) is 11.4 Å². The van der Waals surface area contributed by atoms with E-state index in [1.54, 1.807) is 11.0 Å². The monoisotopic (exact) mass is 395 g/mol. The number of thiazole rings is 1. The van der Waals surface area contributed by atoms with Crippen LogP contribution in [0.2, 0.25) is 5.15 Å². The summed E-state index contributed by atoms with van der Waals surface area (Å²) in [5, 5.41) is 5.19. The minimum atomic E-state index is -0.0543. The topological polar surface area (TPSA) is 70.0 Å². The predicted molar refractivity (Wildman–Crippen MR) is 103 cm³/mol. The van der Waals surface area contributed by atoms with E-state index in [1.165, 1.54) is 17.4 Å². The molecule has 0 bridgehead atoms. The summed E-state index contributed by atoms with van der Waals surface area (Å²) < 4.78 is 1.86. The number of nitrogens with zero attached hydrogens (tertiary/aromatic N) is 4. The molecule has 1 aliphatic heterocycles. The molecule has 0 unspecified atom stereocenters. The molecule has 7 nitrogen and oxygen atoms in total. The maximum Gasteiger partial charge on any atom is 0.246 e. The van der Waals surface area contributed by atoms with Crippen LogP contribution in [0.25, 0.3) is 11.0 Å². The van der Waals surface area contributed by atoms with Crippen molar-refractivity contribution in [1.82, 2.24) is 24.5 Å². The second-order valence-corrected chi connectivity index (χ2v) is 7.36. The fourth-order valence-electron chi connectivity index (χ4n) is 2.83. The van der Waals surface area contributed by atoms with Crippen molar-refractivity contribution in [3.05, 3.63) is 28.5 Å². The Bertz CT molecular complexity index is 807. The molecule has 0 aliphatic carbocycles. The van der Waals surface area contributed by atoms with Crippen LogP contribution >= 0.6 is 22.9 Å². The average Bonchev–Trinajstić information content (AvgIpc) is 3.19. The van der Waals surface area contributed by atoms with E-state index in [4.69, 9.17) is 11.6 Å². The number of piperazine rings is 1. The third kappa shape index (κ3) is 4.44. The molecule has 9 heteroatoms.